The quantitative estimate of drug-likeness (QED) is 0.101. The van der Waals surface area contributed by atoms with Gasteiger partial charge in [-0.05, 0) is 0 Å². The van der Waals surface area contributed by atoms with Crippen molar-refractivity contribution in [3.8, 4) is 44.5 Å². The summed E-state index contributed by atoms with van der Waals surface area (Å²) >= 11 is -12.9. The molecule has 0 saturated heterocycles. The number of hydrogen-bond donors (Lipinski definition) is 0. The van der Waals surface area contributed by atoms with Gasteiger partial charge in [0.25, 0.3) is 0 Å². The molecule has 0 spiro atoms. The number of benzene rings is 10. The van der Waals surface area contributed by atoms with E-state index in [0.717, 1.165) is 0 Å². The van der Waals surface area contributed by atoms with Gasteiger partial charge in [0.05, 0.1) is 0 Å². The van der Waals surface area contributed by atoms with Gasteiger partial charge in [-0.15, -0.1) is 0 Å². The third-order valence-corrected chi connectivity index (χ3v) is 134. The van der Waals surface area contributed by atoms with E-state index in [1.807, 2.05) is 0 Å². The van der Waals surface area contributed by atoms with Gasteiger partial charge in [-0.3, -0.25) is 0 Å². The molecule has 14 rings (SSSR count). The Balaban J connectivity index is 1.05. The van der Waals surface area contributed by atoms with Crippen LogP contribution in [-0.2, 0) is 28.1 Å². The molecule has 0 bridgehead atoms. The van der Waals surface area contributed by atoms with E-state index in [1.165, 1.54) is 133 Å². The van der Waals surface area contributed by atoms with Crippen molar-refractivity contribution in [1.29, 1.82) is 0 Å². The number of fused-ring (bicyclic) bond motifs is 6. The van der Waals surface area contributed by atoms with Crippen LogP contribution in [0.3, 0.4) is 0 Å². The predicted molar refractivity (Wildman–Crippen MR) is 370 cm³/mol. The van der Waals surface area contributed by atoms with Gasteiger partial charge in [-0.2, -0.15) is 0 Å². The van der Waals surface area contributed by atoms with Crippen molar-refractivity contribution in [3.05, 3.63) is 285 Å². The summed E-state index contributed by atoms with van der Waals surface area (Å²) in [6.07, 6.45) is 9.88. The molecule has 0 aromatic heterocycles. The second kappa shape index (κ2) is 19.8. The number of allylic oxidation sites excluding steroid dienone is 4. The summed E-state index contributed by atoms with van der Waals surface area (Å²) in [5.41, 5.74) is 24.7. The predicted octanol–water partition coefficient (Wildman–Crippen LogP) is 22.8. The Labute approximate surface area is 508 Å². The van der Waals surface area contributed by atoms with E-state index in [2.05, 4.69) is 283 Å². The Hall–Kier alpha value is -4.96. The van der Waals surface area contributed by atoms with Crippen LogP contribution in [0.5, 0.6) is 0 Å². The van der Waals surface area contributed by atoms with E-state index in [9.17, 15) is 34.1 Å². The Bertz CT molecular complexity index is 4290. The molecule has 4 aliphatic carbocycles. The first-order chi connectivity index (χ1) is 40.4. The summed E-state index contributed by atoms with van der Waals surface area (Å²) in [6.45, 7) is 11.5. The molecule has 0 radical (unpaired) electrons. The van der Waals surface area contributed by atoms with Crippen LogP contribution in [0.25, 0.3) is 90.4 Å². The van der Waals surface area contributed by atoms with Crippen LogP contribution in [0.1, 0.15) is 86.7 Å². The first-order valence-electron chi connectivity index (χ1n) is 30.3. The average Bonchev–Trinajstić information content (AvgIpc) is 1.18. The normalized spacial score (nSPS) is 20.0. The van der Waals surface area contributed by atoms with Crippen molar-refractivity contribution >= 4 is 93.2 Å². The molecule has 84 heavy (non-hydrogen) atoms. The molecule has 418 valence electrons. The van der Waals surface area contributed by atoms with Gasteiger partial charge >= 0.3 is 515 Å². The van der Waals surface area contributed by atoms with Gasteiger partial charge in [-0.25, -0.2) is 0 Å². The molecule has 8 heteroatoms. The van der Waals surface area contributed by atoms with Gasteiger partial charge in [0, 0.05) is 0 Å². The van der Waals surface area contributed by atoms with Crippen LogP contribution in [0, 0.1) is 0 Å². The van der Waals surface area contributed by atoms with Crippen molar-refractivity contribution in [2.45, 2.75) is 63.5 Å². The molecular weight excluding hydrogens is 1290 g/mol. The topological polar surface area (TPSA) is 0 Å². The fourth-order valence-electron chi connectivity index (χ4n) is 18.3. The number of halogens is 4. The fourth-order valence-corrected chi connectivity index (χ4v) is 141. The van der Waals surface area contributed by atoms with Gasteiger partial charge < -0.3 is 0 Å². The zero-order chi connectivity index (χ0) is 58.1. The third kappa shape index (κ3) is 8.13. The van der Waals surface area contributed by atoms with E-state index < -0.39 is 41.4 Å². The van der Waals surface area contributed by atoms with Crippen LogP contribution in [0.15, 0.2) is 241 Å². The van der Waals surface area contributed by atoms with E-state index in [0.29, 0.717) is 8.26 Å². The monoisotopic (exact) mass is 1360 g/mol. The molecule has 0 nitrogen and oxygen atoms in total. The zero-order valence-corrected chi connectivity index (χ0v) is 59.5. The molecule has 0 fully saturated rings. The zero-order valence-electron chi connectivity index (χ0n) is 48.7. The second-order valence-electron chi connectivity index (χ2n) is 26.1. The SMILES string of the molecule is C[SiH2][Zr]([Cl])([Cl])([CH2][CH2][Zr]([Cl])([Cl])([SiH2]C)([CH]1C(C)=Cc2c(-c3ccccc3)cccc21)[CH]1C(C)=Cc2c(-c3cccc4ccccc34)cccc21)([CH]1C(C)=Cc2c(-c3ccccc3)cccc21)[CH]1C(C)=Cc2c(-c3cccc4ccccc34)cccc21. The van der Waals surface area contributed by atoms with E-state index in [1.54, 1.807) is 0 Å². The summed E-state index contributed by atoms with van der Waals surface area (Å²) in [4.78, 5) is 0. The van der Waals surface area contributed by atoms with Gasteiger partial charge in [-0.1, -0.05) is 0 Å². The maximum atomic E-state index is 10.1. The summed E-state index contributed by atoms with van der Waals surface area (Å²) in [5, 5.41) is 4.91. The van der Waals surface area contributed by atoms with Crippen LogP contribution >= 0.6 is 34.1 Å². The minimum atomic E-state index is -6.47. The number of rotatable bonds is 13. The van der Waals surface area contributed by atoms with Crippen LogP contribution in [0.4, 0.5) is 0 Å². The molecule has 0 heterocycles. The molecule has 0 saturated carbocycles. The summed E-state index contributed by atoms with van der Waals surface area (Å²) in [5.74, 6) is 0. The Morgan fingerprint density at radius 2 is 0.560 bits per heavy atom. The molecule has 10 aromatic carbocycles. The Morgan fingerprint density at radius 3 is 0.893 bits per heavy atom. The van der Waals surface area contributed by atoms with E-state index >= 15 is 0 Å². The first kappa shape index (κ1) is 56.8. The van der Waals surface area contributed by atoms with E-state index in [4.69, 9.17) is 0 Å². The molecule has 0 N–H and O–H groups in total. The van der Waals surface area contributed by atoms with Gasteiger partial charge in [0.1, 0.15) is 0 Å². The van der Waals surface area contributed by atoms with Crippen LogP contribution in [0.2, 0.25) is 21.4 Å². The third-order valence-electron chi connectivity index (χ3n) is 21.9. The van der Waals surface area contributed by atoms with Crippen molar-refractivity contribution in [2.24, 2.45) is 0 Å². The summed E-state index contributed by atoms with van der Waals surface area (Å²) in [6, 6.07) is 80.5. The van der Waals surface area contributed by atoms with Crippen LogP contribution < -0.4 is 0 Å². The Kier molecular flexibility index (Phi) is 13.4. The molecular formula is C76H70Cl4Si2Zr2. The summed E-state index contributed by atoms with van der Waals surface area (Å²) in [7, 11) is 40.3. The maximum absolute atomic E-state index is 10.1. The Morgan fingerprint density at radius 1 is 0.298 bits per heavy atom. The summed E-state index contributed by atoms with van der Waals surface area (Å²) < 4.78 is 0.317. The van der Waals surface area contributed by atoms with Crippen LogP contribution in [-0.4, -0.2) is 13.3 Å². The van der Waals surface area contributed by atoms with Gasteiger partial charge in [0.2, 0.25) is 0 Å². The fraction of sp³-hybridized carbons (Fsp3) is 0.158. The first-order valence-corrected chi connectivity index (χ1v) is 66.8. The van der Waals surface area contributed by atoms with E-state index in [-0.39, 0.29) is 14.5 Å². The minimum absolute atomic E-state index is 0.213. The average molecular weight is 1360 g/mol. The van der Waals surface area contributed by atoms with Crippen molar-refractivity contribution < 1.29 is 28.1 Å². The second-order valence-corrected chi connectivity index (χ2v) is 133. The standard InChI is InChI=1S/2C20H15.2C16H13.C2H4.2CH5Si.4ClH.2Zr/c2*1-14-12-16-8-5-11-19(20(16)13-14)18-10-4-7-15-6-2-3-9-17(15)18;2*1-12-10-14-8-5-9-15(16(14)11-12)13-6-3-2-4-7-13;3*1-2;;;;;;/h2*2-13H,1H3;2*2-11H,1H3;1-2H2;2*2H2,1H3;4*1H;;/q;;;;;;;;;;;2*+2/p-4. The molecule has 4 unspecified atom stereocenters. The van der Waals surface area contributed by atoms with Crippen molar-refractivity contribution in [2.75, 3.05) is 0 Å². The van der Waals surface area contributed by atoms with Crippen molar-refractivity contribution in [3.63, 3.8) is 0 Å². The molecule has 4 aliphatic rings. The molecule has 10 aromatic rings. The van der Waals surface area contributed by atoms with Crippen molar-refractivity contribution in [1.82, 2.24) is 0 Å². The molecule has 0 amide bonds. The molecule has 0 aliphatic heterocycles. The van der Waals surface area contributed by atoms with Gasteiger partial charge in [0.15, 0.2) is 0 Å². The number of hydrogen-bond acceptors (Lipinski definition) is 0. The molecule has 4 atom stereocenters.